The maximum atomic E-state index is 13.3. The Hall–Kier alpha value is -2.49. The number of rotatable bonds is 6. The normalized spacial score (nSPS) is 20.2. The van der Waals surface area contributed by atoms with Crippen molar-refractivity contribution >= 4 is 44.3 Å². The molecule has 202 valence electrons. The molecule has 0 amide bonds. The molecule has 1 N–H and O–H groups in total. The summed E-state index contributed by atoms with van der Waals surface area (Å²) in [5.74, 6) is 1.72. The molecule has 8 nitrogen and oxygen atoms in total. The third-order valence-corrected chi connectivity index (χ3v) is 10.9. The lowest BCUT2D eigenvalue weighted by molar-refractivity contribution is -0.0679. The summed E-state index contributed by atoms with van der Waals surface area (Å²) in [5.41, 5.74) is 2.01. The fraction of sp³-hybridized carbons (Fsp3) is 0.536. The number of nitrogens with zero attached hydrogens (tertiary/aromatic N) is 4. The zero-order chi connectivity index (χ0) is 26.8. The molecule has 1 spiro atoms. The summed E-state index contributed by atoms with van der Waals surface area (Å²) in [4.78, 5) is 22.3. The molecule has 38 heavy (non-hydrogen) atoms. The van der Waals surface area contributed by atoms with E-state index in [4.69, 9.17) is 11.6 Å². The van der Waals surface area contributed by atoms with Crippen molar-refractivity contribution in [2.24, 2.45) is 17.3 Å². The van der Waals surface area contributed by atoms with E-state index in [1.165, 1.54) is 0 Å². The third-order valence-electron chi connectivity index (χ3n) is 8.86. The van der Waals surface area contributed by atoms with Crippen molar-refractivity contribution < 1.29 is 8.42 Å². The maximum absolute atomic E-state index is 13.3. The summed E-state index contributed by atoms with van der Waals surface area (Å²) >= 11 is 6.24. The number of anilines is 2. The molecule has 6 rings (SSSR count). The number of benzene rings is 1. The monoisotopic (exact) mass is 555 g/mol. The highest BCUT2D eigenvalue weighted by molar-refractivity contribution is 7.89. The lowest BCUT2D eigenvalue weighted by Crippen LogP contribution is -2.64. The lowest BCUT2D eigenvalue weighted by atomic mass is 9.56. The van der Waals surface area contributed by atoms with Crippen LogP contribution in [0.1, 0.15) is 64.0 Å². The molecule has 0 unspecified atom stereocenters. The SMILES string of the molecule is Cc1cc(S(=O)(=O)N2CC3(CC(C(C)C)C3)C2)ccc1Nc1ncc2cc(Cl)c(=O)n(C3CCCC3)c2n1. The Bertz CT molecular complexity index is 1570. The van der Waals surface area contributed by atoms with Gasteiger partial charge in [-0.05, 0) is 79.7 Å². The topological polar surface area (TPSA) is 97.2 Å². The molecule has 2 aromatic heterocycles. The van der Waals surface area contributed by atoms with Crippen LogP contribution in [0.4, 0.5) is 11.6 Å². The molecular formula is C28H34ClN5O3S. The average Bonchev–Trinajstić information content (AvgIpc) is 3.33. The van der Waals surface area contributed by atoms with Crippen LogP contribution >= 0.6 is 11.6 Å². The van der Waals surface area contributed by atoms with Gasteiger partial charge in [-0.15, -0.1) is 0 Å². The van der Waals surface area contributed by atoms with Gasteiger partial charge in [0.05, 0.1) is 4.90 Å². The minimum atomic E-state index is -3.53. The van der Waals surface area contributed by atoms with Crippen LogP contribution in [0, 0.1) is 24.2 Å². The van der Waals surface area contributed by atoms with Crippen molar-refractivity contribution in [3.8, 4) is 0 Å². The Morgan fingerprint density at radius 1 is 1.13 bits per heavy atom. The Morgan fingerprint density at radius 2 is 1.84 bits per heavy atom. The smallest absolute Gasteiger partial charge is 0.271 e. The molecule has 1 saturated heterocycles. The van der Waals surface area contributed by atoms with E-state index in [9.17, 15) is 13.2 Å². The molecule has 3 aromatic rings. The van der Waals surface area contributed by atoms with Gasteiger partial charge in [0, 0.05) is 36.4 Å². The number of aromatic nitrogens is 3. The van der Waals surface area contributed by atoms with E-state index in [1.54, 1.807) is 39.3 Å². The van der Waals surface area contributed by atoms with Gasteiger partial charge in [0.1, 0.15) is 10.7 Å². The second kappa shape index (κ2) is 9.31. The van der Waals surface area contributed by atoms with E-state index in [1.807, 2.05) is 6.92 Å². The first kappa shape index (κ1) is 25.8. The predicted octanol–water partition coefficient (Wildman–Crippen LogP) is 5.67. The van der Waals surface area contributed by atoms with Crippen LogP contribution in [0.5, 0.6) is 0 Å². The molecule has 3 aliphatic rings. The van der Waals surface area contributed by atoms with Gasteiger partial charge in [0.15, 0.2) is 0 Å². The summed E-state index contributed by atoms with van der Waals surface area (Å²) in [7, 11) is -3.53. The molecule has 2 aliphatic carbocycles. The zero-order valence-corrected chi connectivity index (χ0v) is 23.6. The number of hydrogen-bond acceptors (Lipinski definition) is 6. The first-order chi connectivity index (χ1) is 18.1. The maximum Gasteiger partial charge on any atom is 0.271 e. The van der Waals surface area contributed by atoms with Gasteiger partial charge in [0.2, 0.25) is 16.0 Å². The minimum Gasteiger partial charge on any atom is -0.324 e. The number of nitrogens with one attached hydrogen (secondary N) is 1. The van der Waals surface area contributed by atoms with E-state index in [-0.39, 0.29) is 22.0 Å². The van der Waals surface area contributed by atoms with Gasteiger partial charge in [-0.1, -0.05) is 38.3 Å². The van der Waals surface area contributed by atoms with E-state index < -0.39 is 10.0 Å². The number of sulfonamides is 1. The van der Waals surface area contributed by atoms with Crippen molar-refractivity contribution in [3.05, 3.63) is 51.4 Å². The molecule has 2 saturated carbocycles. The molecular weight excluding hydrogens is 522 g/mol. The standard InChI is InChI=1S/C28H34ClN5O3S/c1-17(2)20-12-28(13-20)15-33(16-28)38(36,37)22-8-9-24(18(3)10-22)31-27-30-14-19-11-23(29)26(35)34(25(19)32-27)21-6-4-5-7-21/h8-11,14,17,20-21H,4-7,12-13,15-16H2,1-3H3,(H,30,31,32). The number of hydrogen-bond donors (Lipinski definition) is 1. The molecule has 1 aliphatic heterocycles. The van der Waals surface area contributed by atoms with Crippen LogP contribution in [0.15, 0.2) is 40.2 Å². The van der Waals surface area contributed by atoms with Crippen LogP contribution in [-0.2, 0) is 10.0 Å². The van der Waals surface area contributed by atoms with E-state index >= 15 is 0 Å². The number of halogens is 1. The average molecular weight is 556 g/mol. The van der Waals surface area contributed by atoms with E-state index in [0.717, 1.165) is 50.0 Å². The van der Waals surface area contributed by atoms with Crippen molar-refractivity contribution in [1.82, 2.24) is 18.8 Å². The highest BCUT2D eigenvalue weighted by atomic mass is 35.5. The minimum absolute atomic E-state index is 0.0783. The van der Waals surface area contributed by atoms with E-state index in [0.29, 0.717) is 46.6 Å². The largest absolute Gasteiger partial charge is 0.324 e. The molecule has 1 aromatic carbocycles. The van der Waals surface area contributed by atoms with Gasteiger partial charge in [-0.3, -0.25) is 9.36 Å². The van der Waals surface area contributed by atoms with Crippen LogP contribution in [-0.4, -0.2) is 40.3 Å². The zero-order valence-electron chi connectivity index (χ0n) is 22.1. The van der Waals surface area contributed by atoms with Gasteiger partial charge in [0.25, 0.3) is 5.56 Å². The molecule has 0 atom stereocenters. The second-order valence-electron chi connectivity index (χ2n) is 11.9. The Labute approximate surface area is 228 Å². The van der Waals surface area contributed by atoms with Crippen LogP contribution in [0.3, 0.4) is 0 Å². The van der Waals surface area contributed by atoms with Gasteiger partial charge in [-0.2, -0.15) is 9.29 Å². The van der Waals surface area contributed by atoms with Crippen LogP contribution in [0.25, 0.3) is 11.0 Å². The molecule has 3 heterocycles. The molecule has 3 fully saturated rings. The number of aryl methyl sites for hydroxylation is 1. The van der Waals surface area contributed by atoms with Crippen LogP contribution in [0.2, 0.25) is 5.02 Å². The summed E-state index contributed by atoms with van der Waals surface area (Å²) in [6, 6.07) is 6.80. The Morgan fingerprint density at radius 3 is 2.50 bits per heavy atom. The van der Waals surface area contributed by atoms with Gasteiger partial charge >= 0.3 is 0 Å². The van der Waals surface area contributed by atoms with Gasteiger partial charge < -0.3 is 5.32 Å². The van der Waals surface area contributed by atoms with Crippen molar-refractivity contribution in [2.75, 3.05) is 18.4 Å². The number of pyridine rings is 1. The summed E-state index contributed by atoms with van der Waals surface area (Å²) in [5, 5.41) is 4.10. The first-order valence-corrected chi connectivity index (χ1v) is 15.3. The Kier molecular flexibility index (Phi) is 6.31. The summed E-state index contributed by atoms with van der Waals surface area (Å²) < 4.78 is 29.9. The molecule has 0 bridgehead atoms. The first-order valence-electron chi connectivity index (χ1n) is 13.5. The van der Waals surface area contributed by atoms with Crippen molar-refractivity contribution in [2.45, 2.75) is 70.2 Å². The molecule has 0 radical (unpaired) electrons. The quantitative estimate of drug-likeness (QED) is 0.421. The second-order valence-corrected chi connectivity index (χ2v) is 14.2. The van der Waals surface area contributed by atoms with Crippen molar-refractivity contribution in [1.29, 1.82) is 0 Å². The highest BCUT2D eigenvalue weighted by Crippen LogP contribution is 2.55. The molecule has 10 heteroatoms. The highest BCUT2D eigenvalue weighted by Gasteiger charge is 2.55. The third kappa shape index (κ3) is 4.32. The summed E-state index contributed by atoms with van der Waals surface area (Å²) in [6.07, 6.45) is 7.93. The van der Waals surface area contributed by atoms with Gasteiger partial charge in [-0.25, -0.2) is 13.4 Å². The Balaban J connectivity index is 1.22. The van der Waals surface area contributed by atoms with Crippen LogP contribution < -0.4 is 10.9 Å². The lowest BCUT2D eigenvalue weighted by Gasteiger charge is -2.59. The van der Waals surface area contributed by atoms with Crippen molar-refractivity contribution in [3.63, 3.8) is 0 Å². The predicted molar refractivity (Wildman–Crippen MR) is 150 cm³/mol. The fourth-order valence-corrected chi connectivity index (χ4v) is 8.47. The number of fused-ring (bicyclic) bond motifs is 1. The fourth-order valence-electron chi connectivity index (χ4n) is 6.51. The van der Waals surface area contributed by atoms with E-state index in [2.05, 4.69) is 29.1 Å². The summed E-state index contributed by atoms with van der Waals surface area (Å²) in [6.45, 7) is 7.60.